The molecule has 0 saturated carbocycles. The van der Waals surface area contributed by atoms with Gasteiger partial charge in [0.1, 0.15) is 22.5 Å². The molecule has 3 saturated heterocycles. The molecule has 14 heteroatoms. The largest absolute Gasteiger partial charge is 0.346 e. The number of halogens is 1. The van der Waals surface area contributed by atoms with Crippen LogP contribution in [-0.2, 0) is 11.2 Å². The lowest BCUT2D eigenvalue weighted by Crippen LogP contribution is -2.62. The molecule has 4 aromatic rings. The fourth-order valence-electron chi connectivity index (χ4n) is 6.29. The van der Waals surface area contributed by atoms with Gasteiger partial charge in [-0.3, -0.25) is 9.69 Å². The number of benzene rings is 1. The highest BCUT2D eigenvalue weighted by molar-refractivity contribution is 7.20. The molecule has 1 amide bonds. The van der Waals surface area contributed by atoms with E-state index < -0.39 is 0 Å². The Morgan fingerprint density at radius 1 is 1.23 bits per heavy atom. The number of rotatable bonds is 7. The lowest BCUT2D eigenvalue weighted by Gasteiger charge is -2.48. The number of carbonyl (C=O) groups excluding carboxylic acids is 1. The van der Waals surface area contributed by atoms with Crippen LogP contribution in [0.1, 0.15) is 23.9 Å². The molecule has 1 spiro atoms. The maximum absolute atomic E-state index is 13.5. The van der Waals surface area contributed by atoms with Crippen LogP contribution >= 0.6 is 22.7 Å². The number of aromatic nitrogens is 4. The van der Waals surface area contributed by atoms with Crippen molar-refractivity contribution in [1.82, 2.24) is 29.4 Å². The third-order valence-corrected chi connectivity index (χ3v) is 10.6. The van der Waals surface area contributed by atoms with E-state index in [0.29, 0.717) is 47.3 Å². The molecular formula is C29H29FN10OS2. The van der Waals surface area contributed by atoms with E-state index in [1.165, 1.54) is 23.5 Å². The molecule has 3 aliphatic heterocycles. The lowest BCUT2D eigenvalue weighted by molar-refractivity contribution is -0.139. The zero-order valence-electron chi connectivity index (χ0n) is 23.8. The summed E-state index contributed by atoms with van der Waals surface area (Å²) in [4.78, 5) is 35.2. The van der Waals surface area contributed by atoms with Gasteiger partial charge in [-0.05, 0) is 37.1 Å². The van der Waals surface area contributed by atoms with Gasteiger partial charge in [-0.1, -0.05) is 29.6 Å². The zero-order chi connectivity index (χ0) is 29.9. The van der Waals surface area contributed by atoms with E-state index in [0.717, 1.165) is 54.2 Å². The molecule has 0 unspecified atom stereocenters. The minimum absolute atomic E-state index is 0.0290. The summed E-state index contributed by atoms with van der Waals surface area (Å²) >= 11 is 2.86. The monoisotopic (exact) mass is 616 g/mol. The smallest absolute Gasteiger partial charge is 0.258 e. The fourth-order valence-corrected chi connectivity index (χ4v) is 8.08. The van der Waals surface area contributed by atoms with Gasteiger partial charge < -0.3 is 19.5 Å². The van der Waals surface area contributed by atoms with Gasteiger partial charge in [-0.15, -0.1) is 5.10 Å². The van der Waals surface area contributed by atoms with Crippen LogP contribution in [-0.4, -0.2) is 94.2 Å². The quantitative estimate of drug-likeness (QED) is 0.289. The zero-order valence-corrected chi connectivity index (χ0v) is 25.5. The second kappa shape index (κ2) is 10.6. The van der Waals surface area contributed by atoms with Crippen molar-refractivity contribution >= 4 is 49.6 Å². The summed E-state index contributed by atoms with van der Waals surface area (Å²) in [6.07, 6.45) is 1.77. The Labute approximate surface area is 256 Å². The van der Waals surface area contributed by atoms with Crippen molar-refractivity contribution in [2.75, 3.05) is 62.7 Å². The fraction of sp³-hybridized carbons (Fsp3) is 0.448. The van der Waals surface area contributed by atoms with E-state index in [1.54, 1.807) is 28.4 Å². The molecule has 0 aliphatic carbocycles. The minimum atomic E-state index is -0.337. The highest BCUT2D eigenvalue weighted by Crippen LogP contribution is 2.43. The first-order valence-electron chi connectivity index (χ1n) is 14.2. The number of imidazole rings is 1. The summed E-state index contributed by atoms with van der Waals surface area (Å²) in [7, 11) is 1.91. The van der Waals surface area contributed by atoms with Crippen LogP contribution in [0.25, 0.3) is 21.1 Å². The molecule has 11 nitrogen and oxygen atoms in total. The first-order chi connectivity index (χ1) is 20.8. The van der Waals surface area contributed by atoms with Crippen LogP contribution in [0, 0.1) is 29.1 Å². The molecular weight excluding hydrogens is 588 g/mol. The molecule has 6 heterocycles. The van der Waals surface area contributed by atoms with Crippen molar-refractivity contribution < 1.29 is 9.18 Å². The Kier molecular flexibility index (Phi) is 6.80. The average molecular weight is 617 g/mol. The number of hydrogen-bond donors (Lipinski definition) is 0. The summed E-state index contributed by atoms with van der Waals surface area (Å²) < 4.78 is 15.4. The highest BCUT2D eigenvalue weighted by atomic mass is 32.1. The Bertz CT molecular complexity index is 1790. The van der Waals surface area contributed by atoms with Gasteiger partial charge in [0.2, 0.25) is 16.0 Å². The summed E-state index contributed by atoms with van der Waals surface area (Å²) in [6, 6.07) is 8.22. The van der Waals surface area contributed by atoms with Gasteiger partial charge in [-0.25, -0.2) is 20.9 Å². The minimum Gasteiger partial charge on any atom is -0.346 e. The number of likely N-dealkylation sites (tertiary alicyclic amines) is 2. The topological polar surface area (TPSA) is 101 Å². The Hall–Kier alpha value is -4.11. The predicted octanol–water partition coefficient (Wildman–Crippen LogP) is 3.90. The molecule has 0 atom stereocenters. The molecule has 0 bridgehead atoms. The SMILES string of the molecule is [C-]#[N+]C1CN(C(=O)CN2CC3(CCN(c4nn5c(N(C)c6nc(-c7ccc(F)cc7)c(C#N)s6)c(CC)nc5s4)C3)C2)C1. The van der Waals surface area contributed by atoms with E-state index in [9.17, 15) is 14.4 Å². The summed E-state index contributed by atoms with van der Waals surface area (Å²) in [6.45, 7) is 14.3. The Balaban J connectivity index is 1.07. The van der Waals surface area contributed by atoms with Crippen LogP contribution in [0.5, 0.6) is 0 Å². The first-order valence-corrected chi connectivity index (χ1v) is 15.8. The maximum atomic E-state index is 13.5. The van der Waals surface area contributed by atoms with Gasteiger partial charge >= 0.3 is 0 Å². The van der Waals surface area contributed by atoms with Crippen LogP contribution < -0.4 is 9.80 Å². The van der Waals surface area contributed by atoms with Crippen LogP contribution in [0.2, 0.25) is 0 Å². The third kappa shape index (κ3) is 4.79. The number of aryl methyl sites for hydroxylation is 1. The summed E-state index contributed by atoms with van der Waals surface area (Å²) in [5, 5.41) is 16.4. The third-order valence-electron chi connectivity index (χ3n) is 8.60. The van der Waals surface area contributed by atoms with Crippen LogP contribution in [0.15, 0.2) is 24.3 Å². The van der Waals surface area contributed by atoms with E-state index in [4.69, 9.17) is 21.6 Å². The highest BCUT2D eigenvalue weighted by Gasteiger charge is 2.49. The van der Waals surface area contributed by atoms with Crippen LogP contribution in [0.3, 0.4) is 0 Å². The lowest BCUT2D eigenvalue weighted by atomic mass is 9.79. The Morgan fingerprint density at radius 2 is 2.00 bits per heavy atom. The van der Waals surface area contributed by atoms with Crippen molar-refractivity contribution in [3.63, 3.8) is 0 Å². The van der Waals surface area contributed by atoms with Crippen molar-refractivity contribution in [2.45, 2.75) is 25.8 Å². The number of thiazole rings is 1. The van der Waals surface area contributed by atoms with E-state index >= 15 is 0 Å². The number of nitriles is 1. The van der Waals surface area contributed by atoms with E-state index in [-0.39, 0.29) is 23.2 Å². The molecule has 3 fully saturated rings. The first kappa shape index (κ1) is 27.7. The molecule has 220 valence electrons. The molecule has 7 rings (SSSR count). The summed E-state index contributed by atoms with van der Waals surface area (Å²) in [5.74, 6) is 0.606. The second-order valence-electron chi connectivity index (χ2n) is 11.6. The second-order valence-corrected chi connectivity index (χ2v) is 13.5. The number of anilines is 3. The molecule has 3 aliphatic rings. The van der Waals surface area contributed by atoms with E-state index in [2.05, 4.69) is 27.6 Å². The maximum Gasteiger partial charge on any atom is 0.258 e. The Morgan fingerprint density at radius 3 is 2.70 bits per heavy atom. The average Bonchev–Trinajstić information content (AvgIpc) is 3.73. The van der Waals surface area contributed by atoms with Gasteiger partial charge in [0, 0.05) is 44.2 Å². The van der Waals surface area contributed by atoms with E-state index in [1.807, 2.05) is 16.5 Å². The number of amides is 1. The van der Waals surface area contributed by atoms with Gasteiger partial charge in [-0.2, -0.15) is 9.78 Å². The van der Waals surface area contributed by atoms with Crippen LogP contribution in [0.4, 0.5) is 20.5 Å². The molecule has 3 aromatic heterocycles. The van der Waals surface area contributed by atoms with Crippen molar-refractivity contribution in [3.8, 4) is 17.3 Å². The van der Waals surface area contributed by atoms with Gasteiger partial charge in [0.25, 0.3) is 6.04 Å². The van der Waals surface area contributed by atoms with Gasteiger partial charge in [0.15, 0.2) is 10.9 Å². The van der Waals surface area contributed by atoms with Gasteiger partial charge in [0.05, 0.1) is 25.3 Å². The standard InChI is InChI=1S/C29H29FN10OS2/c1-4-21-25(36(3)26-34-24(22(11-31)42-26)18-5-7-19(30)8-6-18)40-27(33-21)43-28(35-40)38-10-9-29(17-38)15-37(16-29)14-23(41)39-12-20(13-39)32-2/h5-8,20H,4,9-10,12-17H2,1,3H3. The number of hydrogen-bond acceptors (Lipinski definition) is 10. The van der Waals surface area contributed by atoms with Crippen molar-refractivity contribution in [1.29, 1.82) is 5.26 Å². The number of carbonyl (C=O) groups is 1. The molecule has 0 N–H and O–H groups in total. The molecule has 0 radical (unpaired) electrons. The van der Waals surface area contributed by atoms with Crippen molar-refractivity contribution in [3.05, 3.63) is 52.1 Å². The molecule has 43 heavy (non-hydrogen) atoms. The number of fused-ring (bicyclic) bond motifs is 1. The summed E-state index contributed by atoms with van der Waals surface area (Å²) in [5.41, 5.74) is 2.28. The van der Waals surface area contributed by atoms with Crippen molar-refractivity contribution in [2.24, 2.45) is 5.41 Å². The molecule has 1 aromatic carbocycles. The normalized spacial score (nSPS) is 18.1. The predicted molar refractivity (Wildman–Crippen MR) is 163 cm³/mol. The number of nitrogens with zero attached hydrogens (tertiary/aromatic N) is 10.